The molecule has 0 bridgehead atoms. The van der Waals surface area contributed by atoms with Crippen molar-refractivity contribution in [1.82, 2.24) is 9.97 Å². The second-order valence-corrected chi connectivity index (χ2v) is 8.61. The molecule has 0 saturated carbocycles. The van der Waals surface area contributed by atoms with Crippen LogP contribution in [0.5, 0.6) is 5.75 Å². The Labute approximate surface area is 200 Å². The number of H-pyrrole nitrogens is 1. The number of hydrogen-bond donors (Lipinski definition) is 6. The van der Waals surface area contributed by atoms with Crippen LogP contribution in [0.3, 0.4) is 0 Å². The summed E-state index contributed by atoms with van der Waals surface area (Å²) < 4.78 is 10.8. The molecule has 0 spiro atoms. The molecule has 35 heavy (non-hydrogen) atoms. The van der Waals surface area contributed by atoms with Crippen LogP contribution in [0, 0.1) is 0 Å². The number of hydrogen-bond acceptors (Lipinski definition) is 8. The highest BCUT2D eigenvalue weighted by Gasteiger charge is 2.57. The van der Waals surface area contributed by atoms with E-state index in [9.17, 15) is 25.5 Å². The van der Waals surface area contributed by atoms with Crippen LogP contribution in [0.2, 0.25) is 0 Å². The number of benzene rings is 2. The van der Waals surface area contributed by atoms with Gasteiger partial charge in [-0.2, -0.15) is 0 Å². The molecule has 9 nitrogen and oxygen atoms in total. The molecule has 1 unspecified atom stereocenters. The lowest BCUT2D eigenvalue weighted by molar-refractivity contribution is -0.385. The minimum atomic E-state index is -2.65. The standard InChI is InChI=1S/C26H26N2O7/c29-14-21-23(30)24(31)26(33,25(32)34-21)35-20-5-1-4-19-22(20)18(13-28-19)11-15-6-8-16(9-7-15)17-3-2-10-27-12-17/h1-10,12-13,21,23-25,28-33H,11,14H2/t21-,23-,24+,25?,26+/m1/s1. The van der Waals surface area contributed by atoms with Crippen molar-refractivity contribution >= 4 is 10.9 Å². The molecule has 1 aliphatic heterocycles. The molecule has 1 aliphatic rings. The fourth-order valence-electron chi connectivity index (χ4n) is 4.39. The number of pyridine rings is 1. The molecule has 1 fully saturated rings. The molecular formula is C26H26N2O7. The largest absolute Gasteiger partial charge is 0.454 e. The zero-order chi connectivity index (χ0) is 24.6. The number of fused-ring (bicyclic) bond motifs is 1. The van der Waals surface area contributed by atoms with Gasteiger partial charge in [0.05, 0.1) is 6.61 Å². The average molecular weight is 479 g/mol. The minimum Gasteiger partial charge on any atom is -0.454 e. The second kappa shape index (κ2) is 9.38. The molecule has 0 amide bonds. The summed E-state index contributed by atoms with van der Waals surface area (Å²) in [5.41, 5.74) is 4.69. The van der Waals surface area contributed by atoms with Crippen LogP contribution < -0.4 is 4.74 Å². The van der Waals surface area contributed by atoms with E-state index in [1.807, 2.05) is 48.7 Å². The number of ether oxygens (including phenoxy) is 2. The summed E-state index contributed by atoms with van der Waals surface area (Å²) in [6.07, 6.45) is -0.958. The Morgan fingerprint density at radius 2 is 1.80 bits per heavy atom. The molecule has 2 aromatic carbocycles. The number of aromatic nitrogens is 2. The third-order valence-electron chi connectivity index (χ3n) is 6.33. The van der Waals surface area contributed by atoms with Gasteiger partial charge in [-0.3, -0.25) is 4.98 Å². The van der Waals surface area contributed by atoms with E-state index in [1.54, 1.807) is 24.5 Å². The fraction of sp³-hybridized carbons (Fsp3) is 0.269. The number of nitrogens with zero attached hydrogens (tertiary/aromatic N) is 1. The number of aliphatic hydroxyl groups is 5. The summed E-state index contributed by atoms with van der Waals surface area (Å²) in [6, 6.07) is 17.1. The number of aliphatic hydroxyl groups excluding tert-OH is 4. The highest BCUT2D eigenvalue weighted by Crippen LogP contribution is 2.37. The maximum absolute atomic E-state index is 11.0. The topological polar surface area (TPSA) is 148 Å². The van der Waals surface area contributed by atoms with E-state index in [0.717, 1.165) is 27.8 Å². The van der Waals surface area contributed by atoms with E-state index >= 15 is 0 Å². The van der Waals surface area contributed by atoms with Crippen LogP contribution in [0.25, 0.3) is 22.0 Å². The molecule has 4 aromatic rings. The van der Waals surface area contributed by atoms with Crippen LogP contribution in [0.15, 0.2) is 73.2 Å². The lowest BCUT2D eigenvalue weighted by Gasteiger charge is -2.45. The normalized spacial score (nSPS) is 26.7. The van der Waals surface area contributed by atoms with E-state index in [0.29, 0.717) is 11.8 Å². The van der Waals surface area contributed by atoms with Crippen LogP contribution in [0.4, 0.5) is 0 Å². The van der Waals surface area contributed by atoms with Gasteiger partial charge < -0.3 is 40.0 Å². The highest BCUT2D eigenvalue weighted by atomic mass is 16.7. The third kappa shape index (κ3) is 4.30. The van der Waals surface area contributed by atoms with Crippen LogP contribution in [-0.4, -0.2) is 72.5 Å². The summed E-state index contributed by atoms with van der Waals surface area (Å²) in [6.45, 7) is -0.650. The predicted molar refractivity (Wildman–Crippen MR) is 126 cm³/mol. The van der Waals surface area contributed by atoms with Crippen molar-refractivity contribution in [2.24, 2.45) is 0 Å². The first kappa shape index (κ1) is 23.4. The van der Waals surface area contributed by atoms with Crippen LogP contribution in [0.1, 0.15) is 11.1 Å². The lowest BCUT2D eigenvalue weighted by Crippen LogP contribution is -2.69. The van der Waals surface area contributed by atoms with Crippen LogP contribution >= 0.6 is 0 Å². The monoisotopic (exact) mass is 478 g/mol. The Balaban J connectivity index is 1.43. The van der Waals surface area contributed by atoms with Gasteiger partial charge in [0.15, 0.2) is 6.10 Å². The first-order chi connectivity index (χ1) is 16.9. The molecule has 0 radical (unpaired) electrons. The molecular weight excluding hydrogens is 452 g/mol. The van der Waals surface area contributed by atoms with Gasteiger partial charge in [0.25, 0.3) is 5.79 Å². The summed E-state index contributed by atoms with van der Waals surface area (Å²) in [5, 5.41) is 51.9. The van der Waals surface area contributed by atoms with Gasteiger partial charge in [0.1, 0.15) is 18.0 Å². The Morgan fingerprint density at radius 1 is 1.00 bits per heavy atom. The van der Waals surface area contributed by atoms with Crippen molar-refractivity contribution in [1.29, 1.82) is 0 Å². The first-order valence-corrected chi connectivity index (χ1v) is 11.2. The molecule has 182 valence electrons. The maximum atomic E-state index is 11.0. The zero-order valence-corrected chi connectivity index (χ0v) is 18.7. The molecule has 0 aliphatic carbocycles. The third-order valence-corrected chi connectivity index (χ3v) is 6.33. The Morgan fingerprint density at radius 3 is 2.51 bits per heavy atom. The summed E-state index contributed by atoms with van der Waals surface area (Å²) in [4.78, 5) is 7.33. The molecule has 5 rings (SSSR count). The van der Waals surface area contributed by atoms with Gasteiger partial charge in [-0.15, -0.1) is 0 Å². The zero-order valence-electron chi connectivity index (χ0n) is 18.7. The quantitative estimate of drug-likeness (QED) is 0.227. The van der Waals surface area contributed by atoms with E-state index < -0.39 is 37.0 Å². The highest BCUT2D eigenvalue weighted by molar-refractivity contribution is 5.89. The van der Waals surface area contributed by atoms with Crippen molar-refractivity contribution in [3.05, 3.63) is 84.3 Å². The van der Waals surface area contributed by atoms with E-state index in [1.165, 1.54) is 0 Å². The summed E-state index contributed by atoms with van der Waals surface area (Å²) >= 11 is 0. The lowest BCUT2D eigenvalue weighted by atomic mass is 9.95. The van der Waals surface area contributed by atoms with E-state index in [-0.39, 0.29) is 5.75 Å². The van der Waals surface area contributed by atoms with E-state index in [2.05, 4.69) is 9.97 Å². The minimum absolute atomic E-state index is 0.185. The summed E-state index contributed by atoms with van der Waals surface area (Å²) in [7, 11) is 0. The van der Waals surface area contributed by atoms with Gasteiger partial charge in [-0.25, -0.2) is 0 Å². The van der Waals surface area contributed by atoms with Gasteiger partial charge in [-0.05, 0) is 46.9 Å². The van der Waals surface area contributed by atoms with Crippen molar-refractivity contribution in [2.75, 3.05) is 6.61 Å². The average Bonchev–Trinajstić information content (AvgIpc) is 3.30. The molecule has 3 heterocycles. The predicted octanol–water partition coefficient (Wildman–Crippen LogP) is 1.32. The number of aromatic amines is 1. The SMILES string of the molecule is OC[C@H]1OC(O)[C@@](O)(Oc2cccc3[nH]cc(Cc4ccc(-c5cccnc5)cc4)c23)[C@@H](O)[C@@H]1O. The molecule has 6 N–H and O–H groups in total. The van der Waals surface area contributed by atoms with Gasteiger partial charge in [0, 0.05) is 29.5 Å². The van der Waals surface area contributed by atoms with Crippen LogP contribution in [-0.2, 0) is 11.2 Å². The molecule has 1 saturated heterocycles. The molecule has 2 aromatic heterocycles. The fourth-order valence-corrected chi connectivity index (χ4v) is 4.39. The smallest absolute Gasteiger partial charge is 0.288 e. The van der Waals surface area contributed by atoms with Gasteiger partial charge >= 0.3 is 0 Å². The maximum Gasteiger partial charge on any atom is 0.288 e. The Hall–Kier alpha value is -3.31. The van der Waals surface area contributed by atoms with Crippen molar-refractivity contribution < 1.29 is 35.0 Å². The Kier molecular flexibility index (Phi) is 6.28. The van der Waals surface area contributed by atoms with Gasteiger partial charge in [-0.1, -0.05) is 36.4 Å². The first-order valence-electron chi connectivity index (χ1n) is 11.2. The van der Waals surface area contributed by atoms with Gasteiger partial charge in [0.2, 0.25) is 6.29 Å². The Bertz CT molecular complexity index is 1290. The molecule has 5 atom stereocenters. The number of rotatable bonds is 6. The number of nitrogens with one attached hydrogen (secondary N) is 1. The van der Waals surface area contributed by atoms with Crippen molar-refractivity contribution in [3.8, 4) is 16.9 Å². The van der Waals surface area contributed by atoms with Crippen molar-refractivity contribution in [2.45, 2.75) is 36.8 Å². The second-order valence-electron chi connectivity index (χ2n) is 8.61. The van der Waals surface area contributed by atoms with Crippen molar-refractivity contribution in [3.63, 3.8) is 0 Å². The summed E-state index contributed by atoms with van der Waals surface area (Å²) in [5.74, 6) is -2.47. The van der Waals surface area contributed by atoms with E-state index in [4.69, 9.17) is 9.47 Å². The molecule has 9 heteroatoms.